The number of carbonyl (C=O) groups excluding carboxylic acids is 1. The van der Waals surface area contributed by atoms with Crippen LogP contribution in [0.4, 0.5) is 0 Å². The molecule has 0 spiro atoms. The first-order valence-corrected chi connectivity index (χ1v) is 9.82. The van der Waals surface area contributed by atoms with Gasteiger partial charge in [-0.25, -0.2) is 4.98 Å². The molecular formula is C22H20N2O3S. The molecule has 2 aromatic heterocycles. The summed E-state index contributed by atoms with van der Waals surface area (Å²) >= 11 is 1.55. The van der Waals surface area contributed by atoms with Crippen LogP contribution in [0.25, 0.3) is 21.0 Å². The number of fused-ring (bicyclic) bond motifs is 1. The quantitative estimate of drug-likeness (QED) is 0.462. The van der Waals surface area contributed by atoms with E-state index in [1.54, 1.807) is 35.4 Å². The molecule has 0 bridgehead atoms. The van der Waals surface area contributed by atoms with Crippen molar-refractivity contribution in [1.82, 2.24) is 9.88 Å². The average Bonchev–Trinajstić information content (AvgIpc) is 3.34. The number of hydrogen-bond donors (Lipinski definition) is 0. The molecule has 0 saturated carbocycles. The third-order valence-corrected chi connectivity index (χ3v) is 5.40. The first-order valence-electron chi connectivity index (χ1n) is 9.01. The van der Waals surface area contributed by atoms with Gasteiger partial charge in [0.15, 0.2) is 16.5 Å². The normalized spacial score (nSPS) is 10.9. The van der Waals surface area contributed by atoms with Gasteiger partial charge in [-0.15, -0.1) is 11.3 Å². The zero-order valence-corrected chi connectivity index (χ0v) is 16.5. The molecule has 2 heterocycles. The summed E-state index contributed by atoms with van der Waals surface area (Å²) in [6, 6.07) is 19.3. The van der Waals surface area contributed by atoms with Gasteiger partial charge in [0.2, 0.25) is 0 Å². The summed E-state index contributed by atoms with van der Waals surface area (Å²) in [4.78, 5) is 18.8. The minimum atomic E-state index is -0.180. The summed E-state index contributed by atoms with van der Waals surface area (Å²) in [5, 5.41) is 0.769. The predicted molar refractivity (Wildman–Crippen MR) is 111 cm³/mol. The fourth-order valence-corrected chi connectivity index (χ4v) is 3.77. The maximum absolute atomic E-state index is 12.6. The number of hydrogen-bond acceptors (Lipinski definition) is 5. The Balaban J connectivity index is 1.39. The Bertz CT molecular complexity index is 1080. The fourth-order valence-electron chi connectivity index (χ4n) is 2.84. The third-order valence-electron chi connectivity index (χ3n) is 4.35. The van der Waals surface area contributed by atoms with Crippen LogP contribution in [0.2, 0.25) is 0 Å². The van der Waals surface area contributed by atoms with Gasteiger partial charge < -0.3 is 14.1 Å². The van der Waals surface area contributed by atoms with Crippen molar-refractivity contribution < 1.29 is 13.9 Å². The van der Waals surface area contributed by atoms with E-state index < -0.39 is 0 Å². The molecule has 4 rings (SSSR count). The Hall–Kier alpha value is -3.12. The van der Waals surface area contributed by atoms with Crippen molar-refractivity contribution in [3.05, 3.63) is 72.0 Å². The molecule has 0 radical (unpaired) electrons. The standard InChI is InChI=1S/C22H20N2O3S/c1-15-6-5-7-16(14-15)26-13-12-24(2)22(25)19-11-10-18(27-19)21-23-17-8-3-4-9-20(17)28-21/h3-11,14H,12-13H2,1-2H3. The lowest BCUT2D eigenvalue weighted by Gasteiger charge is -2.16. The maximum Gasteiger partial charge on any atom is 0.289 e. The molecule has 0 saturated heterocycles. The van der Waals surface area contributed by atoms with E-state index >= 15 is 0 Å². The molecule has 142 valence electrons. The highest BCUT2D eigenvalue weighted by Gasteiger charge is 2.18. The molecule has 2 aromatic carbocycles. The third kappa shape index (κ3) is 3.92. The zero-order chi connectivity index (χ0) is 19.5. The second kappa shape index (κ2) is 7.86. The van der Waals surface area contributed by atoms with E-state index in [1.165, 1.54) is 0 Å². The van der Waals surface area contributed by atoms with Crippen LogP contribution in [-0.4, -0.2) is 36.0 Å². The fraction of sp³-hybridized carbons (Fsp3) is 0.182. The predicted octanol–water partition coefficient (Wildman–Crippen LogP) is 5.02. The van der Waals surface area contributed by atoms with Crippen LogP contribution < -0.4 is 4.74 Å². The SMILES string of the molecule is Cc1cccc(OCCN(C)C(=O)c2ccc(-c3nc4ccccc4s3)o2)c1. The molecule has 0 N–H and O–H groups in total. The number of nitrogens with zero attached hydrogens (tertiary/aromatic N) is 2. The van der Waals surface area contributed by atoms with Crippen molar-refractivity contribution in [3.8, 4) is 16.5 Å². The van der Waals surface area contributed by atoms with E-state index in [2.05, 4.69) is 4.98 Å². The van der Waals surface area contributed by atoms with E-state index in [0.29, 0.717) is 24.7 Å². The Morgan fingerprint density at radius 3 is 2.82 bits per heavy atom. The summed E-state index contributed by atoms with van der Waals surface area (Å²) in [5.74, 6) is 1.53. The summed E-state index contributed by atoms with van der Waals surface area (Å²) in [7, 11) is 1.74. The summed E-state index contributed by atoms with van der Waals surface area (Å²) in [5.41, 5.74) is 2.07. The molecule has 0 atom stereocenters. The van der Waals surface area contributed by atoms with Gasteiger partial charge in [0, 0.05) is 7.05 Å². The molecule has 0 aliphatic rings. The maximum atomic E-state index is 12.6. The van der Waals surface area contributed by atoms with Crippen molar-refractivity contribution >= 4 is 27.5 Å². The summed E-state index contributed by atoms with van der Waals surface area (Å²) in [6.45, 7) is 2.89. The molecule has 1 amide bonds. The number of ether oxygens (including phenoxy) is 1. The van der Waals surface area contributed by atoms with Crippen molar-refractivity contribution in [2.45, 2.75) is 6.92 Å². The van der Waals surface area contributed by atoms with Crippen molar-refractivity contribution in [2.24, 2.45) is 0 Å². The Kier molecular flexibility index (Phi) is 5.12. The Labute approximate surface area is 167 Å². The Morgan fingerprint density at radius 1 is 1.14 bits per heavy atom. The molecule has 0 fully saturated rings. The van der Waals surface area contributed by atoms with Gasteiger partial charge in [-0.2, -0.15) is 0 Å². The van der Waals surface area contributed by atoms with Crippen molar-refractivity contribution in [3.63, 3.8) is 0 Å². The second-order valence-electron chi connectivity index (χ2n) is 6.54. The molecular weight excluding hydrogens is 372 g/mol. The monoisotopic (exact) mass is 392 g/mol. The molecule has 4 aromatic rings. The molecule has 0 aliphatic carbocycles. The van der Waals surface area contributed by atoms with Crippen LogP contribution in [0.3, 0.4) is 0 Å². The highest BCUT2D eigenvalue weighted by Crippen LogP contribution is 2.31. The number of aryl methyl sites for hydroxylation is 1. The first kappa shape index (κ1) is 18.3. The number of amides is 1. The van der Waals surface area contributed by atoms with Crippen LogP contribution in [0.5, 0.6) is 5.75 Å². The van der Waals surface area contributed by atoms with Gasteiger partial charge in [0.1, 0.15) is 12.4 Å². The minimum absolute atomic E-state index is 0.180. The van der Waals surface area contributed by atoms with Crippen LogP contribution in [0.15, 0.2) is 65.1 Å². The number of aromatic nitrogens is 1. The highest BCUT2D eigenvalue weighted by molar-refractivity contribution is 7.21. The van der Waals surface area contributed by atoms with Crippen LogP contribution >= 0.6 is 11.3 Å². The lowest BCUT2D eigenvalue weighted by atomic mass is 10.2. The number of likely N-dealkylation sites (N-methyl/N-ethyl adjacent to an activating group) is 1. The lowest BCUT2D eigenvalue weighted by molar-refractivity contribution is 0.0743. The largest absolute Gasteiger partial charge is 0.492 e. The van der Waals surface area contributed by atoms with Gasteiger partial charge in [-0.1, -0.05) is 24.3 Å². The molecule has 5 nitrogen and oxygen atoms in total. The van der Waals surface area contributed by atoms with E-state index in [-0.39, 0.29) is 5.91 Å². The van der Waals surface area contributed by atoms with Gasteiger partial charge in [-0.3, -0.25) is 4.79 Å². The Morgan fingerprint density at radius 2 is 2.00 bits per heavy atom. The molecule has 28 heavy (non-hydrogen) atoms. The smallest absolute Gasteiger partial charge is 0.289 e. The molecule has 0 aliphatic heterocycles. The van der Waals surface area contributed by atoms with Gasteiger partial charge in [-0.05, 0) is 48.9 Å². The van der Waals surface area contributed by atoms with E-state index in [9.17, 15) is 4.79 Å². The van der Waals surface area contributed by atoms with Crippen LogP contribution in [0, 0.1) is 6.92 Å². The second-order valence-corrected chi connectivity index (χ2v) is 7.57. The highest BCUT2D eigenvalue weighted by atomic mass is 32.1. The van der Waals surface area contributed by atoms with Crippen LogP contribution in [0.1, 0.15) is 16.1 Å². The molecule has 6 heteroatoms. The number of benzene rings is 2. The van der Waals surface area contributed by atoms with E-state index in [1.807, 2.05) is 55.5 Å². The number of rotatable bonds is 6. The van der Waals surface area contributed by atoms with E-state index in [0.717, 1.165) is 26.5 Å². The van der Waals surface area contributed by atoms with Gasteiger partial charge >= 0.3 is 0 Å². The number of carbonyl (C=O) groups is 1. The van der Waals surface area contributed by atoms with Crippen LogP contribution in [-0.2, 0) is 0 Å². The van der Waals surface area contributed by atoms with E-state index in [4.69, 9.17) is 9.15 Å². The van der Waals surface area contributed by atoms with Gasteiger partial charge in [0.05, 0.1) is 16.8 Å². The summed E-state index contributed by atoms with van der Waals surface area (Å²) < 4.78 is 12.6. The average molecular weight is 392 g/mol. The lowest BCUT2D eigenvalue weighted by Crippen LogP contribution is -2.30. The first-order chi connectivity index (χ1) is 13.6. The zero-order valence-electron chi connectivity index (χ0n) is 15.7. The number of furan rings is 1. The number of thiazole rings is 1. The van der Waals surface area contributed by atoms with Gasteiger partial charge in [0.25, 0.3) is 5.91 Å². The van der Waals surface area contributed by atoms with Crippen molar-refractivity contribution in [1.29, 1.82) is 0 Å². The summed E-state index contributed by atoms with van der Waals surface area (Å²) in [6.07, 6.45) is 0. The minimum Gasteiger partial charge on any atom is -0.492 e. The number of para-hydroxylation sites is 1. The van der Waals surface area contributed by atoms with Crippen molar-refractivity contribution in [2.75, 3.05) is 20.2 Å². The molecule has 0 unspecified atom stereocenters. The topological polar surface area (TPSA) is 55.6 Å².